The van der Waals surface area contributed by atoms with Gasteiger partial charge in [0.1, 0.15) is 0 Å². The summed E-state index contributed by atoms with van der Waals surface area (Å²) < 4.78 is 12.8. The summed E-state index contributed by atoms with van der Waals surface area (Å²) in [5.74, 6) is 0. The highest BCUT2D eigenvalue weighted by atomic mass is 31.1. The molecule has 0 aliphatic rings. The molecule has 4 aromatic carbocycles. The van der Waals surface area contributed by atoms with Crippen LogP contribution in [0.25, 0.3) is 21.5 Å². The number of carbonyl (C=O) groups is 2. The van der Waals surface area contributed by atoms with E-state index >= 15 is 0 Å². The Morgan fingerprint density at radius 1 is 0.538 bits per heavy atom. The quantitative estimate of drug-likeness (QED) is 0.451. The summed E-state index contributed by atoms with van der Waals surface area (Å²) in [5, 5.41) is 3.18. The predicted molar refractivity (Wildman–Crippen MR) is 106 cm³/mol. The van der Waals surface area contributed by atoms with Crippen LogP contribution < -0.4 is 0 Å². The molecule has 4 rings (SSSR count). The van der Waals surface area contributed by atoms with E-state index in [1.54, 1.807) is 36.4 Å². The number of hydrogen-bond acceptors (Lipinski definition) is 3. The third-order valence-corrected chi connectivity index (χ3v) is 5.84. The average molecular weight is 358 g/mol. The molecule has 4 aromatic rings. The van der Waals surface area contributed by atoms with Crippen LogP contribution in [-0.2, 0) is 4.57 Å². The van der Waals surface area contributed by atoms with Gasteiger partial charge >= 0.3 is 0 Å². The van der Waals surface area contributed by atoms with Crippen LogP contribution in [0.15, 0.2) is 84.9 Å². The summed E-state index contributed by atoms with van der Waals surface area (Å²) in [6.07, 6.45) is 0. The highest BCUT2D eigenvalue weighted by molar-refractivity contribution is 7.80. The molecule has 0 spiro atoms. The molecular formula is C22H15O3P. The maximum Gasteiger partial charge on any atom is 0.226 e. The first kappa shape index (κ1) is 16.4. The number of benzene rings is 4. The molecule has 0 N–H and O–H groups in total. The Morgan fingerprint density at radius 3 is 1.38 bits per heavy atom. The van der Waals surface area contributed by atoms with Crippen LogP contribution in [0.1, 0.15) is 20.7 Å². The lowest BCUT2D eigenvalue weighted by atomic mass is 10.1. The van der Waals surface area contributed by atoms with Crippen LogP contribution in [0, 0.1) is 0 Å². The van der Waals surface area contributed by atoms with Crippen LogP contribution in [0.4, 0.5) is 0 Å². The maximum absolute atomic E-state index is 12.8. The number of fused-ring (bicyclic) bond motifs is 2. The molecule has 0 fully saturated rings. The SMILES string of the molecule is O=C(c1cccc2ccccc12)[PH](=O)C(=O)c1cccc2ccccc12. The van der Waals surface area contributed by atoms with Gasteiger partial charge < -0.3 is 4.57 Å². The molecule has 0 radical (unpaired) electrons. The van der Waals surface area contributed by atoms with Gasteiger partial charge in [0.05, 0.1) is 0 Å². The van der Waals surface area contributed by atoms with Gasteiger partial charge in [-0.15, -0.1) is 0 Å². The number of carbonyl (C=O) groups excluding carboxylic acids is 2. The zero-order valence-corrected chi connectivity index (χ0v) is 14.8. The molecule has 0 aromatic heterocycles. The third kappa shape index (κ3) is 2.77. The molecule has 0 atom stereocenters. The van der Waals surface area contributed by atoms with Crippen molar-refractivity contribution in [2.24, 2.45) is 0 Å². The molecule has 0 aliphatic carbocycles. The van der Waals surface area contributed by atoms with E-state index in [0.717, 1.165) is 10.8 Å². The monoisotopic (exact) mass is 358 g/mol. The van der Waals surface area contributed by atoms with Crippen LogP contribution in [0.3, 0.4) is 0 Å². The Hall–Kier alpha value is -3.03. The van der Waals surface area contributed by atoms with Gasteiger partial charge in [0.25, 0.3) is 0 Å². The van der Waals surface area contributed by atoms with Crippen molar-refractivity contribution in [1.29, 1.82) is 0 Å². The Morgan fingerprint density at radius 2 is 0.923 bits per heavy atom. The summed E-state index contributed by atoms with van der Waals surface area (Å²) in [4.78, 5) is 25.6. The molecule has 4 heteroatoms. The topological polar surface area (TPSA) is 51.2 Å². The highest BCUT2D eigenvalue weighted by Crippen LogP contribution is 2.36. The minimum atomic E-state index is -3.16. The Balaban J connectivity index is 1.77. The van der Waals surface area contributed by atoms with Gasteiger partial charge in [-0.05, 0) is 21.5 Å². The van der Waals surface area contributed by atoms with E-state index in [1.165, 1.54) is 0 Å². The van der Waals surface area contributed by atoms with E-state index in [1.807, 2.05) is 48.5 Å². The molecule has 0 amide bonds. The second-order valence-corrected chi connectivity index (χ2v) is 7.61. The fraction of sp³-hybridized carbons (Fsp3) is 0. The lowest BCUT2D eigenvalue weighted by molar-refractivity contribution is 0.104. The van der Waals surface area contributed by atoms with Crippen LogP contribution in [0.2, 0.25) is 0 Å². The van der Waals surface area contributed by atoms with Crippen LogP contribution >= 0.6 is 7.80 Å². The van der Waals surface area contributed by atoms with Gasteiger partial charge in [0.15, 0.2) is 0 Å². The molecule has 0 aliphatic heterocycles. The van der Waals surface area contributed by atoms with Crippen molar-refractivity contribution < 1.29 is 14.2 Å². The van der Waals surface area contributed by atoms with Crippen molar-refractivity contribution in [2.45, 2.75) is 0 Å². The summed E-state index contributed by atoms with van der Waals surface area (Å²) in [6, 6.07) is 25.3. The molecule has 0 saturated heterocycles. The first-order valence-corrected chi connectivity index (χ1v) is 9.66. The van der Waals surface area contributed by atoms with Crippen LogP contribution in [-0.4, -0.2) is 11.0 Å². The summed E-state index contributed by atoms with van der Waals surface area (Å²) in [6.45, 7) is 0. The predicted octanol–water partition coefficient (Wildman–Crippen LogP) is 5.53. The Labute approximate surface area is 151 Å². The molecular weight excluding hydrogens is 343 g/mol. The fourth-order valence-corrected chi connectivity index (χ4v) is 4.33. The summed E-state index contributed by atoms with van der Waals surface area (Å²) in [7, 11) is -3.16. The van der Waals surface area contributed by atoms with Gasteiger partial charge in [-0.2, -0.15) is 0 Å². The summed E-state index contributed by atoms with van der Waals surface area (Å²) in [5.41, 5.74) is -0.518. The van der Waals surface area contributed by atoms with Crippen molar-refractivity contribution in [3.63, 3.8) is 0 Å². The minimum Gasteiger partial charge on any atom is -0.310 e. The second-order valence-electron chi connectivity index (χ2n) is 6.04. The van der Waals surface area contributed by atoms with Crippen molar-refractivity contribution >= 4 is 40.4 Å². The van der Waals surface area contributed by atoms with Gasteiger partial charge in [-0.1, -0.05) is 84.9 Å². The average Bonchev–Trinajstić information content (AvgIpc) is 2.71. The Bertz CT molecular complexity index is 1090. The first-order chi connectivity index (χ1) is 12.7. The zero-order chi connectivity index (χ0) is 18.1. The van der Waals surface area contributed by atoms with E-state index < -0.39 is 18.8 Å². The first-order valence-electron chi connectivity index (χ1n) is 8.26. The molecule has 0 saturated carbocycles. The number of hydrogen-bond donors (Lipinski definition) is 0. The molecule has 26 heavy (non-hydrogen) atoms. The van der Waals surface area contributed by atoms with Crippen molar-refractivity contribution in [3.8, 4) is 0 Å². The van der Waals surface area contributed by atoms with Gasteiger partial charge in [-0.25, -0.2) is 0 Å². The van der Waals surface area contributed by atoms with E-state index in [9.17, 15) is 14.2 Å². The summed E-state index contributed by atoms with van der Waals surface area (Å²) >= 11 is 0. The molecule has 126 valence electrons. The van der Waals surface area contributed by atoms with Crippen molar-refractivity contribution in [2.75, 3.05) is 0 Å². The standard InChI is InChI=1S/C22H15O3P/c23-21(19-13-5-9-15-7-1-3-11-17(15)19)26(25)22(24)20-14-6-10-16-8-2-4-12-18(16)20/h1-14,26H. The maximum atomic E-state index is 12.8. The van der Waals surface area contributed by atoms with E-state index in [0.29, 0.717) is 21.9 Å². The smallest absolute Gasteiger partial charge is 0.226 e. The van der Waals surface area contributed by atoms with Gasteiger partial charge in [0.2, 0.25) is 18.8 Å². The molecule has 0 bridgehead atoms. The van der Waals surface area contributed by atoms with Gasteiger partial charge in [0, 0.05) is 11.1 Å². The fourth-order valence-electron chi connectivity index (χ4n) is 3.19. The molecule has 0 unspecified atom stereocenters. The molecule has 0 heterocycles. The van der Waals surface area contributed by atoms with Crippen molar-refractivity contribution in [1.82, 2.24) is 0 Å². The van der Waals surface area contributed by atoms with E-state index in [-0.39, 0.29) is 0 Å². The molecule has 3 nitrogen and oxygen atoms in total. The van der Waals surface area contributed by atoms with Crippen LogP contribution in [0.5, 0.6) is 0 Å². The van der Waals surface area contributed by atoms with E-state index in [4.69, 9.17) is 0 Å². The third-order valence-electron chi connectivity index (χ3n) is 4.48. The lowest BCUT2D eigenvalue weighted by Crippen LogP contribution is -2.03. The van der Waals surface area contributed by atoms with Crippen molar-refractivity contribution in [3.05, 3.63) is 96.1 Å². The largest absolute Gasteiger partial charge is 0.310 e. The van der Waals surface area contributed by atoms with Gasteiger partial charge in [-0.3, -0.25) is 9.59 Å². The Kier molecular flexibility index (Phi) is 4.24. The minimum absolute atomic E-state index is 0.334. The highest BCUT2D eigenvalue weighted by Gasteiger charge is 2.25. The second kappa shape index (κ2) is 6.70. The normalized spacial score (nSPS) is 11.1. The number of rotatable bonds is 4. The van der Waals surface area contributed by atoms with E-state index in [2.05, 4.69) is 0 Å². The lowest BCUT2D eigenvalue weighted by Gasteiger charge is -2.07. The zero-order valence-electron chi connectivity index (χ0n) is 13.8.